The fraction of sp³-hybridized carbons (Fsp3) is 0.0769. The van der Waals surface area contributed by atoms with Crippen LogP contribution in [0.1, 0.15) is 0 Å². The van der Waals surface area contributed by atoms with Gasteiger partial charge in [-0.05, 0) is 18.2 Å². The van der Waals surface area contributed by atoms with Crippen LogP contribution in [0.4, 0.5) is 0 Å². The molecule has 0 spiro atoms. The number of fused-ring (bicyclic) bond motifs is 3. The Morgan fingerprint density at radius 2 is 1.81 bits per heavy atom. The summed E-state index contributed by atoms with van der Waals surface area (Å²) in [6.45, 7) is 0. The Hall–Kier alpha value is -1.23. The largest absolute Gasteiger partial charge is 1.00 e. The first-order valence-electron chi connectivity index (χ1n) is 4.98. The summed E-state index contributed by atoms with van der Waals surface area (Å²) in [4.78, 5) is 4.35. The molecule has 1 aromatic carbocycles. The van der Waals surface area contributed by atoms with E-state index in [0.717, 1.165) is 5.52 Å². The summed E-state index contributed by atoms with van der Waals surface area (Å²) < 4.78 is 2.13. The molecule has 80 valence electrons. The zero-order chi connectivity index (χ0) is 10.3. The third-order valence-corrected chi connectivity index (χ3v) is 2.76. The van der Waals surface area contributed by atoms with E-state index in [1.807, 2.05) is 12.3 Å². The van der Waals surface area contributed by atoms with Crippen LogP contribution in [0.3, 0.4) is 0 Å². The smallest absolute Gasteiger partial charge is 0.213 e. The van der Waals surface area contributed by atoms with Gasteiger partial charge in [0.2, 0.25) is 5.52 Å². The summed E-state index contributed by atoms with van der Waals surface area (Å²) in [6, 6.07) is 12.5. The van der Waals surface area contributed by atoms with Gasteiger partial charge in [-0.3, -0.25) is 4.98 Å². The van der Waals surface area contributed by atoms with Gasteiger partial charge in [-0.15, -0.1) is 0 Å². The first kappa shape index (κ1) is 11.3. The van der Waals surface area contributed by atoms with Gasteiger partial charge in [-0.2, -0.15) is 0 Å². The van der Waals surface area contributed by atoms with Crippen LogP contribution in [0.5, 0.6) is 0 Å². The number of pyridine rings is 2. The molecule has 0 N–H and O–H groups in total. The van der Waals surface area contributed by atoms with Crippen molar-refractivity contribution in [3.63, 3.8) is 0 Å². The Bertz CT molecular complexity index is 650. The number of nitrogens with zero attached hydrogens (tertiary/aromatic N) is 2. The van der Waals surface area contributed by atoms with E-state index in [-0.39, 0.29) is 24.0 Å². The highest BCUT2D eigenvalue weighted by molar-refractivity contribution is 6.03. The van der Waals surface area contributed by atoms with E-state index in [4.69, 9.17) is 0 Å². The predicted octanol–water partition coefficient (Wildman–Crippen LogP) is -0.784. The summed E-state index contributed by atoms with van der Waals surface area (Å²) in [5, 5.41) is 2.47. The van der Waals surface area contributed by atoms with Crippen molar-refractivity contribution in [2.45, 2.75) is 0 Å². The van der Waals surface area contributed by atoms with Crippen LogP contribution in [0.15, 0.2) is 48.8 Å². The van der Waals surface area contributed by atoms with Crippen LogP contribution >= 0.6 is 0 Å². The van der Waals surface area contributed by atoms with Crippen molar-refractivity contribution in [2.75, 3.05) is 0 Å². The Morgan fingerprint density at radius 3 is 2.69 bits per heavy atom. The van der Waals surface area contributed by atoms with Crippen LogP contribution < -0.4 is 28.5 Å². The molecule has 3 heteroatoms. The summed E-state index contributed by atoms with van der Waals surface area (Å²) in [7, 11) is 2.06. The van der Waals surface area contributed by atoms with Crippen LogP contribution in [0, 0.1) is 0 Å². The number of aryl methyl sites for hydroxylation is 1. The van der Waals surface area contributed by atoms with Crippen molar-refractivity contribution in [3.8, 4) is 0 Å². The van der Waals surface area contributed by atoms with Crippen molar-refractivity contribution >= 4 is 21.8 Å². The Balaban J connectivity index is 0.000000963. The highest BCUT2D eigenvalue weighted by Crippen LogP contribution is 2.20. The van der Waals surface area contributed by atoms with Crippen molar-refractivity contribution < 1.29 is 28.5 Å². The van der Waals surface area contributed by atoms with Crippen molar-refractivity contribution in [1.82, 2.24) is 4.98 Å². The van der Waals surface area contributed by atoms with E-state index in [1.54, 1.807) is 0 Å². The summed E-state index contributed by atoms with van der Waals surface area (Å²) in [5.74, 6) is 0. The SMILES string of the molecule is C[n+]1cccc2c3cccnc3ccc21.[I-]. The van der Waals surface area contributed by atoms with Crippen LogP contribution in [-0.2, 0) is 7.05 Å². The second kappa shape index (κ2) is 4.33. The molecule has 2 nitrogen and oxygen atoms in total. The molecule has 0 bridgehead atoms. The lowest BCUT2D eigenvalue weighted by Gasteiger charge is -2.00. The molecule has 16 heavy (non-hydrogen) atoms. The van der Waals surface area contributed by atoms with Crippen LogP contribution in [0.25, 0.3) is 21.8 Å². The average molecular weight is 322 g/mol. The number of hydrogen-bond donors (Lipinski definition) is 0. The Labute approximate surface area is 111 Å². The topological polar surface area (TPSA) is 16.8 Å². The Kier molecular flexibility index (Phi) is 3.05. The lowest BCUT2D eigenvalue weighted by atomic mass is 10.1. The minimum absolute atomic E-state index is 0. The first-order chi connectivity index (χ1) is 7.36. The minimum atomic E-state index is 0. The zero-order valence-corrected chi connectivity index (χ0v) is 11.0. The van der Waals surface area contributed by atoms with E-state index in [0.29, 0.717) is 0 Å². The molecular formula is C13H11IN2. The Morgan fingerprint density at radius 1 is 1.00 bits per heavy atom. The maximum Gasteiger partial charge on any atom is 0.213 e. The van der Waals surface area contributed by atoms with Gasteiger partial charge in [0.25, 0.3) is 0 Å². The maximum absolute atomic E-state index is 4.35. The molecule has 0 aliphatic heterocycles. The molecular weight excluding hydrogens is 311 g/mol. The summed E-state index contributed by atoms with van der Waals surface area (Å²) >= 11 is 0. The number of aromatic nitrogens is 2. The van der Waals surface area contributed by atoms with Gasteiger partial charge in [-0.25, -0.2) is 4.57 Å². The van der Waals surface area contributed by atoms with Gasteiger partial charge >= 0.3 is 0 Å². The molecule has 0 amide bonds. The van der Waals surface area contributed by atoms with Gasteiger partial charge in [0.1, 0.15) is 7.05 Å². The quantitative estimate of drug-likeness (QED) is 0.301. The number of hydrogen-bond acceptors (Lipinski definition) is 1. The molecule has 2 aromatic heterocycles. The third-order valence-electron chi connectivity index (χ3n) is 2.76. The fourth-order valence-corrected chi connectivity index (χ4v) is 2.00. The highest BCUT2D eigenvalue weighted by Gasteiger charge is 2.06. The highest BCUT2D eigenvalue weighted by atomic mass is 127. The van der Waals surface area contributed by atoms with Crippen LogP contribution in [0.2, 0.25) is 0 Å². The molecule has 0 radical (unpaired) electrons. The zero-order valence-electron chi connectivity index (χ0n) is 8.89. The van der Waals surface area contributed by atoms with Gasteiger partial charge < -0.3 is 24.0 Å². The summed E-state index contributed by atoms with van der Waals surface area (Å²) in [5.41, 5.74) is 2.29. The molecule has 3 aromatic rings. The second-order valence-corrected chi connectivity index (χ2v) is 3.69. The third kappa shape index (κ3) is 1.65. The molecule has 0 unspecified atom stereocenters. The van der Waals surface area contributed by atoms with E-state index < -0.39 is 0 Å². The van der Waals surface area contributed by atoms with Gasteiger partial charge in [0.05, 0.1) is 10.9 Å². The van der Waals surface area contributed by atoms with E-state index in [2.05, 4.69) is 53.1 Å². The predicted molar refractivity (Wildman–Crippen MR) is 60.4 cm³/mol. The van der Waals surface area contributed by atoms with Gasteiger partial charge in [0, 0.05) is 23.7 Å². The molecule has 0 atom stereocenters. The summed E-state index contributed by atoms with van der Waals surface area (Å²) in [6.07, 6.45) is 3.89. The number of halogens is 1. The van der Waals surface area contributed by atoms with E-state index in [1.165, 1.54) is 16.3 Å². The van der Waals surface area contributed by atoms with Crippen LogP contribution in [-0.4, -0.2) is 4.98 Å². The average Bonchev–Trinajstić information content (AvgIpc) is 2.29. The fourth-order valence-electron chi connectivity index (χ4n) is 2.00. The molecule has 0 aliphatic rings. The minimum Gasteiger partial charge on any atom is -1.00 e. The standard InChI is InChI=1S/C13H11N2.HI/c1-15-9-3-5-11-10-4-2-8-14-12(10)6-7-13(11)15;/h2-9H,1H3;1H/q+1;/p-1. The molecule has 0 saturated heterocycles. The number of benzene rings is 1. The molecule has 0 saturated carbocycles. The lowest BCUT2D eigenvalue weighted by Crippen LogP contribution is -3.00. The van der Waals surface area contributed by atoms with E-state index in [9.17, 15) is 0 Å². The van der Waals surface area contributed by atoms with Crippen molar-refractivity contribution in [1.29, 1.82) is 0 Å². The number of rotatable bonds is 0. The van der Waals surface area contributed by atoms with Gasteiger partial charge in [0.15, 0.2) is 6.20 Å². The molecule has 0 fully saturated rings. The van der Waals surface area contributed by atoms with Crippen molar-refractivity contribution in [3.05, 3.63) is 48.8 Å². The molecule has 2 heterocycles. The molecule has 3 rings (SSSR count). The second-order valence-electron chi connectivity index (χ2n) is 3.69. The maximum atomic E-state index is 4.35. The molecule has 0 aliphatic carbocycles. The van der Waals surface area contributed by atoms with Crippen molar-refractivity contribution in [2.24, 2.45) is 7.05 Å². The first-order valence-corrected chi connectivity index (χ1v) is 4.98. The lowest BCUT2D eigenvalue weighted by molar-refractivity contribution is -0.644. The van der Waals surface area contributed by atoms with Gasteiger partial charge in [-0.1, -0.05) is 6.07 Å². The normalized spacial score (nSPS) is 10.3. The monoisotopic (exact) mass is 322 g/mol. The van der Waals surface area contributed by atoms with E-state index >= 15 is 0 Å².